The van der Waals surface area contributed by atoms with Crippen molar-refractivity contribution in [3.63, 3.8) is 0 Å². The van der Waals surface area contributed by atoms with Gasteiger partial charge in [0.15, 0.2) is 6.04 Å². The largest absolute Gasteiger partial charge is 0.497 e. The van der Waals surface area contributed by atoms with Crippen LogP contribution < -0.4 is 14.8 Å². The summed E-state index contributed by atoms with van der Waals surface area (Å²) in [4.78, 5) is 3.63. The Morgan fingerprint density at radius 2 is 1.96 bits per heavy atom. The van der Waals surface area contributed by atoms with Gasteiger partial charge in [-0.25, -0.2) is 0 Å². The van der Waals surface area contributed by atoms with E-state index in [-0.39, 0.29) is 6.04 Å². The van der Waals surface area contributed by atoms with Gasteiger partial charge in [0.05, 0.1) is 32.0 Å². The molecule has 0 spiro atoms. The number of para-hydroxylation sites is 1. The molecule has 4 nitrogen and oxygen atoms in total. The molecule has 2 aromatic carbocycles. The Balaban J connectivity index is 1.86. The molecule has 1 atom stereocenters. The summed E-state index contributed by atoms with van der Waals surface area (Å²) >= 11 is 0. The molecule has 0 aliphatic carbocycles. The van der Waals surface area contributed by atoms with E-state index < -0.39 is 0 Å². The molecule has 0 fully saturated rings. The molecule has 1 aliphatic heterocycles. The number of hydrogen-bond donors (Lipinski definition) is 2. The summed E-state index contributed by atoms with van der Waals surface area (Å²) in [6.07, 6.45) is 1.09. The number of aromatic amines is 1. The van der Waals surface area contributed by atoms with Gasteiger partial charge in [0, 0.05) is 23.4 Å². The van der Waals surface area contributed by atoms with Gasteiger partial charge >= 0.3 is 0 Å². The first-order valence-electron chi connectivity index (χ1n) is 7.96. The van der Waals surface area contributed by atoms with E-state index in [4.69, 9.17) is 9.47 Å². The standard InChI is InChI=1S/C19H20N2O2/c1-22-12-7-8-15(17(11-12)23-2)18-19-14(9-10-20-18)13-5-3-4-6-16(13)21-19/h3-8,11,18,20-21H,9-10H2,1-2H3/p+1/t18-/m1/s1. The maximum atomic E-state index is 5.62. The Bertz CT molecular complexity index is 854. The maximum Gasteiger partial charge on any atom is 0.156 e. The number of H-pyrrole nitrogens is 1. The van der Waals surface area contributed by atoms with Crippen LogP contribution in [0.25, 0.3) is 10.9 Å². The monoisotopic (exact) mass is 309 g/mol. The molecule has 1 aromatic heterocycles. The molecule has 0 radical (unpaired) electrons. The first-order valence-corrected chi connectivity index (χ1v) is 7.96. The minimum Gasteiger partial charge on any atom is -0.497 e. The van der Waals surface area contributed by atoms with Crippen LogP contribution in [-0.4, -0.2) is 25.7 Å². The van der Waals surface area contributed by atoms with Gasteiger partial charge in [0.1, 0.15) is 11.5 Å². The number of quaternary nitrogens is 1. The van der Waals surface area contributed by atoms with Gasteiger partial charge in [-0.2, -0.15) is 0 Å². The molecule has 0 saturated carbocycles. The normalized spacial score (nSPS) is 17.0. The summed E-state index contributed by atoms with van der Waals surface area (Å²) in [6.45, 7) is 1.08. The van der Waals surface area contributed by atoms with Crippen LogP contribution in [0.1, 0.15) is 22.9 Å². The summed E-state index contributed by atoms with van der Waals surface area (Å²) in [7, 11) is 3.39. The lowest BCUT2D eigenvalue weighted by molar-refractivity contribution is -0.690. The van der Waals surface area contributed by atoms with Crippen molar-refractivity contribution in [2.24, 2.45) is 0 Å². The highest BCUT2D eigenvalue weighted by molar-refractivity contribution is 5.85. The molecule has 0 saturated heterocycles. The molecule has 2 heterocycles. The lowest BCUT2D eigenvalue weighted by Gasteiger charge is -2.23. The number of nitrogens with two attached hydrogens (primary N) is 1. The lowest BCUT2D eigenvalue weighted by Crippen LogP contribution is -2.87. The predicted molar refractivity (Wildman–Crippen MR) is 90.2 cm³/mol. The van der Waals surface area contributed by atoms with Crippen LogP contribution in [0.5, 0.6) is 11.5 Å². The highest BCUT2D eigenvalue weighted by Crippen LogP contribution is 2.35. The molecule has 23 heavy (non-hydrogen) atoms. The molecule has 1 aliphatic rings. The second-order valence-electron chi connectivity index (χ2n) is 5.92. The van der Waals surface area contributed by atoms with Crippen molar-refractivity contribution in [1.82, 2.24) is 4.98 Å². The van der Waals surface area contributed by atoms with Crippen LogP contribution in [0, 0.1) is 0 Å². The molecule has 0 unspecified atom stereocenters. The number of nitrogens with one attached hydrogen (secondary N) is 1. The van der Waals surface area contributed by atoms with E-state index in [9.17, 15) is 0 Å². The van der Waals surface area contributed by atoms with Gasteiger partial charge in [-0.3, -0.25) is 0 Å². The van der Waals surface area contributed by atoms with Gasteiger partial charge < -0.3 is 19.8 Å². The van der Waals surface area contributed by atoms with Crippen LogP contribution in [0.4, 0.5) is 0 Å². The first kappa shape index (κ1) is 14.2. The van der Waals surface area contributed by atoms with Crippen molar-refractivity contribution in [3.05, 3.63) is 59.3 Å². The predicted octanol–water partition coefficient (Wildman–Crippen LogP) is 2.39. The number of ether oxygens (including phenoxy) is 2. The van der Waals surface area contributed by atoms with E-state index in [0.29, 0.717) is 0 Å². The number of benzene rings is 2. The fourth-order valence-corrected chi connectivity index (χ4v) is 3.63. The van der Waals surface area contributed by atoms with Crippen molar-refractivity contribution in [2.45, 2.75) is 12.5 Å². The fraction of sp³-hybridized carbons (Fsp3) is 0.263. The van der Waals surface area contributed by atoms with Crippen LogP contribution in [0.2, 0.25) is 0 Å². The zero-order chi connectivity index (χ0) is 15.8. The zero-order valence-corrected chi connectivity index (χ0v) is 13.4. The fourth-order valence-electron chi connectivity index (χ4n) is 3.63. The van der Waals surface area contributed by atoms with Gasteiger partial charge in [-0.15, -0.1) is 0 Å². The summed E-state index contributed by atoms with van der Waals surface area (Å²) < 4.78 is 10.9. The molecule has 4 heteroatoms. The Labute approximate surface area is 135 Å². The third-order valence-corrected chi connectivity index (χ3v) is 4.73. The van der Waals surface area contributed by atoms with E-state index in [1.54, 1.807) is 14.2 Å². The number of fused-ring (bicyclic) bond motifs is 3. The molecule has 4 rings (SSSR count). The number of hydrogen-bond acceptors (Lipinski definition) is 2. The van der Waals surface area contributed by atoms with Crippen molar-refractivity contribution in [3.8, 4) is 11.5 Å². The molecule has 118 valence electrons. The van der Waals surface area contributed by atoms with E-state index in [2.05, 4.69) is 40.6 Å². The van der Waals surface area contributed by atoms with Crippen LogP contribution >= 0.6 is 0 Å². The number of aromatic nitrogens is 1. The van der Waals surface area contributed by atoms with Crippen molar-refractivity contribution < 1.29 is 14.8 Å². The Morgan fingerprint density at radius 3 is 2.78 bits per heavy atom. The molecular weight excluding hydrogens is 288 g/mol. The van der Waals surface area contributed by atoms with Gasteiger partial charge in [-0.05, 0) is 23.8 Å². The quantitative estimate of drug-likeness (QED) is 0.780. The minimum absolute atomic E-state index is 0.229. The SMILES string of the molecule is COc1ccc([C@H]2[NH2+]CCc3c2[nH]c2ccccc32)c(OC)c1. The van der Waals surface area contributed by atoms with Crippen LogP contribution in [0.3, 0.4) is 0 Å². The molecule has 0 amide bonds. The summed E-state index contributed by atoms with van der Waals surface area (Å²) in [5.74, 6) is 1.69. The van der Waals surface area contributed by atoms with Gasteiger partial charge in [0.2, 0.25) is 0 Å². The molecule has 3 aromatic rings. The summed E-state index contributed by atoms with van der Waals surface area (Å²) in [6, 6.07) is 14.8. The van der Waals surface area contributed by atoms with Crippen molar-refractivity contribution in [1.29, 1.82) is 0 Å². The summed E-state index contributed by atoms with van der Waals surface area (Å²) in [5, 5.41) is 3.72. The Kier molecular flexibility index (Phi) is 3.46. The second kappa shape index (κ2) is 5.63. The van der Waals surface area contributed by atoms with E-state index >= 15 is 0 Å². The van der Waals surface area contributed by atoms with Crippen molar-refractivity contribution >= 4 is 10.9 Å². The minimum atomic E-state index is 0.229. The maximum absolute atomic E-state index is 5.62. The van der Waals surface area contributed by atoms with Gasteiger partial charge in [0.25, 0.3) is 0 Å². The smallest absolute Gasteiger partial charge is 0.156 e. The third kappa shape index (κ3) is 2.26. The molecular formula is C19H21N2O2+. The number of methoxy groups -OCH3 is 2. The second-order valence-corrected chi connectivity index (χ2v) is 5.92. The topological polar surface area (TPSA) is 50.9 Å². The molecule has 0 bridgehead atoms. The van der Waals surface area contributed by atoms with Crippen LogP contribution in [-0.2, 0) is 6.42 Å². The van der Waals surface area contributed by atoms with Crippen LogP contribution in [0.15, 0.2) is 42.5 Å². The zero-order valence-electron chi connectivity index (χ0n) is 13.4. The summed E-state index contributed by atoms with van der Waals surface area (Å²) in [5.41, 5.74) is 5.12. The Hall–Kier alpha value is -2.46. The average Bonchev–Trinajstić information content (AvgIpc) is 3.00. The first-order chi connectivity index (χ1) is 11.3. The van der Waals surface area contributed by atoms with E-state index in [1.807, 2.05) is 12.1 Å². The number of rotatable bonds is 3. The van der Waals surface area contributed by atoms with E-state index in [0.717, 1.165) is 24.5 Å². The lowest BCUT2D eigenvalue weighted by atomic mass is 9.93. The van der Waals surface area contributed by atoms with Crippen molar-refractivity contribution in [2.75, 3.05) is 20.8 Å². The van der Waals surface area contributed by atoms with Gasteiger partial charge in [-0.1, -0.05) is 18.2 Å². The van der Waals surface area contributed by atoms with E-state index in [1.165, 1.54) is 27.7 Å². The highest BCUT2D eigenvalue weighted by Gasteiger charge is 2.30. The Morgan fingerprint density at radius 1 is 1.09 bits per heavy atom. The highest BCUT2D eigenvalue weighted by atomic mass is 16.5. The third-order valence-electron chi connectivity index (χ3n) is 4.73. The average molecular weight is 309 g/mol. The molecule has 3 N–H and O–H groups in total.